The van der Waals surface area contributed by atoms with Crippen LogP contribution in [0.5, 0.6) is 6.01 Å². The number of anilines is 1. The number of fused-ring (bicyclic) bond motifs is 1. The zero-order chi connectivity index (χ0) is 14.8. The predicted molar refractivity (Wildman–Crippen MR) is 80.7 cm³/mol. The van der Waals surface area contributed by atoms with Crippen LogP contribution in [0.15, 0.2) is 36.5 Å². The van der Waals surface area contributed by atoms with Crippen LogP contribution in [0.1, 0.15) is 13.8 Å². The molecule has 0 atom stereocenters. The molecule has 6 heteroatoms. The summed E-state index contributed by atoms with van der Waals surface area (Å²) in [6, 6.07) is 9.95. The second-order valence-electron chi connectivity index (χ2n) is 4.88. The van der Waals surface area contributed by atoms with Crippen molar-refractivity contribution in [3.8, 4) is 17.4 Å². The molecule has 3 aromatic rings. The van der Waals surface area contributed by atoms with Gasteiger partial charge in [0.05, 0.1) is 11.6 Å². The number of ether oxygens (including phenoxy) is 1. The molecule has 106 valence electrons. The van der Waals surface area contributed by atoms with E-state index in [9.17, 15) is 0 Å². The highest BCUT2D eigenvalue weighted by molar-refractivity contribution is 5.82. The van der Waals surface area contributed by atoms with Crippen LogP contribution in [0.25, 0.3) is 22.3 Å². The summed E-state index contributed by atoms with van der Waals surface area (Å²) in [5, 5.41) is 1.06. The average Bonchev–Trinajstić information content (AvgIpc) is 2.45. The van der Waals surface area contributed by atoms with Crippen LogP contribution in [0.2, 0.25) is 0 Å². The predicted octanol–water partition coefficient (Wildman–Crippen LogP) is 2.46. The third-order valence-corrected chi connectivity index (χ3v) is 2.84. The third-order valence-electron chi connectivity index (χ3n) is 2.84. The van der Waals surface area contributed by atoms with Gasteiger partial charge in [0.25, 0.3) is 0 Å². The normalized spacial score (nSPS) is 11.0. The molecule has 2 aromatic heterocycles. The van der Waals surface area contributed by atoms with Crippen molar-refractivity contribution in [3.63, 3.8) is 0 Å². The lowest BCUT2D eigenvalue weighted by Gasteiger charge is -2.09. The summed E-state index contributed by atoms with van der Waals surface area (Å²) in [5.41, 5.74) is 7.43. The summed E-state index contributed by atoms with van der Waals surface area (Å²) >= 11 is 0. The van der Waals surface area contributed by atoms with Crippen LogP contribution in [0, 0.1) is 0 Å². The minimum Gasteiger partial charge on any atom is -0.461 e. The van der Waals surface area contributed by atoms with Gasteiger partial charge in [0, 0.05) is 17.1 Å². The fourth-order valence-corrected chi connectivity index (χ4v) is 1.97. The van der Waals surface area contributed by atoms with E-state index in [4.69, 9.17) is 10.5 Å². The number of nitrogen functional groups attached to an aromatic ring is 1. The topological polar surface area (TPSA) is 86.8 Å². The van der Waals surface area contributed by atoms with Crippen molar-refractivity contribution in [2.75, 3.05) is 5.73 Å². The molecule has 0 unspecified atom stereocenters. The summed E-state index contributed by atoms with van der Waals surface area (Å²) in [6.07, 6.45) is 1.72. The Morgan fingerprint density at radius 1 is 1.10 bits per heavy atom. The molecular formula is C15H15N5O. The van der Waals surface area contributed by atoms with E-state index in [2.05, 4.69) is 19.9 Å². The van der Waals surface area contributed by atoms with Gasteiger partial charge in [0.15, 0.2) is 5.82 Å². The van der Waals surface area contributed by atoms with Crippen molar-refractivity contribution in [1.82, 2.24) is 19.9 Å². The molecule has 0 saturated carbocycles. The zero-order valence-electron chi connectivity index (χ0n) is 11.8. The van der Waals surface area contributed by atoms with E-state index < -0.39 is 0 Å². The second-order valence-corrected chi connectivity index (χ2v) is 4.88. The average molecular weight is 281 g/mol. The van der Waals surface area contributed by atoms with Gasteiger partial charge in [-0.1, -0.05) is 18.2 Å². The maximum absolute atomic E-state index is 5.73. The number of aromatic nitrogens is 4. The van der Waals surface area contributed by atoms with Crippen molar-refractivity contribution in [1.29, 1.82) is 0 Å². The second kappa shape index (κ2) is 5.32. The van der Waals surface area contributed by atoms with Gasteiger partial charge in [-0.25, -0.2) is 0 Å². The van der Waals surface area contributed by atoms with E-state index in [1.165, 1.54) is 0 Å². The molecule has 0 fully saturated rings. The monoisotopic (exact) mass is 281 g/mol. The lowest BCUT2D eigenvalue weighted by molar-refractivity contribution is 0.222. The van der Waals surface area contributed by atoms with Gasteiger partial charge in [-0.05, 0) is 26.0 Å². The van der Waals surface area contributed by atoms with Gasteiger partial charge in [0.1, 0.15) is 0 Å². The van der Waals surface area contributed by atoms with Gasteiger partial charge in [0.2, 0.25) is 5.95 Å². The molecule has 0 aliphatic carbocycles. The van der Waals surface area contributed by atoms with Crippen LogP contribution >= 0.6 is 0 Å². The molecule has 3 rings (SSSR count). The van der Waals surface area contributed by atoms with E-state index >= 15 is 0 Å². The largest absolute Gasteiger partial charge is 0.461 e. The number of pyridine rings is 1. The first kappa shape index (κ1) is 13.2. The summed E-state index contributed by atoms with van der Waals surface area (Å²) in [5.74, 6) is 0.613. The molecule has 2 N–H and O–H groups in total. The van der Waals surface area contributed by atoms with Crippen LogP contribution in [-0.4, -0.2) is 26.0 Å². The van der Waals surface area contributed by atoms with Crippen molar-refractivity contribution in [2.24, 2.45) is 0 Å². The molecule has 6 nitrogen and oxygen atoms in total. The van der Waals surface area contributed by atoms with E-state index in [1.807, 2.05) is 44.2 Å². The lowest BCUT2D eigenvalue weighted by atomic mass is 10.1. The molecule has 0 amide bonds. The minimum atomic E-state index is -0.0297. The third kappa shape index (κ3) is 2.89. The van der Waals surface area contributed by atoms with Crippen LogP contribution < -0.4 is 10.5 Å². The summed E-state index contributed by atoms with van der Waals surface area (Å²) < 4.78 is 5.49. The number of hydrogen-bond donors (Lipinski definition) is 1. The van der Waals surface area contributed by atoms with E-state index in [1.54, 1.807) is 6.20 Å². The fraction of sp³-hybridized carbons (Fsp3) is 0.200. The Balaban J connectivity index is 2.06. The molecule has 1 aromatic carbocycles. The van der Waals surface area contributed by atoms with Crippen molar-refractivity contribution >= 4 is 16.9 Å². The Labute approximate surface area is 122 Å². The summed E-state index contributed by atoms with van der Waals surface area (Å²) in [4.78, 5) is 16.8. The molecule has 0 aliphatic heterocycles. The Hall–Kier alpha value is -2.76. The van der Waals surface area contributed by atoms with E-state index in [0.29, 0.717) is 5.82 Å². The highest BCUT2D eigenvalue weighted by Crippen LogP contribution is 2.22. The fourth-order valence-electron chi connectivity index (χ4n) is 1.97. The van der Waals surface area contributed by atoms with Crippen molar-refractivity contribution in [2.45, 2.75) is 20.0 Å². The zero-order valence-corrected chi connectivity index (χ0v) is 11.8. The van der Waals surface area contributed by atoms with Gasteiger partial charge < -0.3 is 10.5 Å². The molecule has 0 spiro atoms. The van der Waals surface area contributed by atoms with Gasteiger partial charge >= 0.3 is 6.01 Å². The number of nitrogens with two attached hydrogens (primary N) is 1. The minimum absolute atomic E-state index is 0.0297. The number of nitrogens with zero attached hydrogens (tertiary/aromatic N) is 4. The quantitative estimate of drug-likeness (QED) is 0.793. The van der Waals surface area contributed by atoms with Crippen LogP contribution in [0.4, 0.5) is 5.95 Å². The molecule has 21 heavy (non-hydrogen) atoms. The molecule has 2 heterocycles. The summed E-state index contributed by atoms with van der Waals surface area (Å²) in [6.45, 7) is 3.80. The standard InChI is InChI=1S/C15H15N5O/c1-9(2)21-15-19-13(18-14(16)20-15)11-6-5-10-4-3-7-17-12(10)8-11/h3-9H,1-2H3,(H2,16,18,19,20). The van der Waals surface area contributed by atoms with Crippen molar-refractivity contribution < 1.29 is 4.74 Å². The van der Waals surface area contributed by atoms with Crippen LogP contribution in [0.3, 0.4) is 0 Å². The van der Waals surface area contributed by atoms with Gasteiger partial charge in [-0.2, -0.15) is 15.0 Å². The Bertz CT molecular complexity index is 788. The highest BCUT2D eigenvalue weighted by Gasteiger charge is 2.10. The molecular weight excluding hydrogens is 266 g/mol. The number of rotatable bonds is 3. The van der Waals surface area contributed by atoms with E-state index in [0.717, 1.165) is 16.5 Å². The first-order valence-corrected chi connectivity index (χ1v) is 6.65. The maximum Gasteiger partial charge on any atom is 0.322 e. The highest BCUT2D eigenvalue weighted by atomic mass is 16.5. The van der Waals surface area contributed by atoms with E-state index in [-0.39, 0.29) is 18.1 Å². The first-order valence-electron chi connectivity index (χ1n) is 6.65. The molecule has 0 saturated heterocycles. The Morgan fingerprint density at radius 3 is 2.76 bits per heavy atom. The summed E-state index contributed by atoms with van der Waals surface area (Å²) in [7, 11) is 0. The van der Waals surface area contributed by atoms with Crippen LogP contribution in [-0.2, 0) is 0 Å². The number of benzene rings is 1. The number of hydrogen-bond acceptors (Lipinski definition) is 6. The Kier molecular flexibility index (Phi) is 3.35. The Morgan fingerprint density at radius 2 is 1.95 bits per heavy atom. The molecule has 0 radical (unpaired) electrons. The first-order chi connectivity index (χ1) is 10.1. The molecule has 0 bridgehead atoms. The lowest BCUT2D eigenvalue weighted by Crippen LogP contribution is -2.11. The maximum atomic E-state index is 5.73. The smallest absolute Gasteiger partial charge is 0.322 e. The SMILES string of the molecule is CC(C)Oc1nc(N)nc(-c2ccc3cccnc3c2)n1. The van der Waals surface area contributed by atoms with Gasteiger partial charge in [-0.3, -0.25) is 4.98 Å². The van der Waals surface area contributed by atoms with Crippen molar-refractivity contribution in [3.05, 3.63) is 36.5 Å². The molecule has 0 aliphatic rings. The van der Waals surface area contributed by atoms with Gasteiger partial charge in [-0.15, -0.1) is 0 Å².